The summed E-state index contributed by atoms with van der Waals surface area (Å²) in [5, 5.41) is 14.9. The number of sulfonamides is 1. The molecule has 0 saturated heterocycles. The Hall–Kier alpha value is -2.10. The summed E-state index contributed by atoms with van der Waals surface area (Å²) in [6, 6.07) is 10.2. The highest BCUT2D eigenvalue weighted by atomic mass is 35.5. The second-order valence-corrected chi connectivity index (χ2v) is 8.80. The molecule has 0 aliphatic carbocycles. The minimum atomic E-state index is -3.69. The summed E-state index contributed by atoms with van der Waals surface area (Å²) >= 11 is 0. The Morgan fingerprint density at radius 3 is 2.50 bits per heavy atom. The number of nitrogens with zero attached hydrogens (tertiary/aromatic N) is 1. The first kappa shape index (κ1) is 24.2. The molecule has 3 aromatic rings. The van der Waals surface area contributed by atoms with E-state index in [0.717, 1.165) is 16.3 Å². The number of aliphatic hydroxyl groups is 1. The number of benzene rings is 2. The van der Waals surface area contributed by atoms with Crippen LogP contribution in [0.2, 0.25) is 0 Å². The number of aromatic nitrogens is 1. The standard InChI is InChI=1S/C21H24FN3O3S.ClH/c1-14-10-23-12-17-5-8-19(9-20(14)17)29(27,28)25-15(2)11-24-13-21(26)16-3-6-18(22)7-4-16;/h3-10,12,15,21,24-26H,11,13H2,1-2H3;1H/t15-,21?;/m1./s1. The number of aliphatic hydroxyl groups excluding tert-OH is 1. The Labute approximate surface area is 182 Å². The molecular formula is C21H25ClFN3O3S. The quantitative estimate of drug-likeness (QED) is 0.487. The van der Waals surface area contributed by atoms with Crippen LogP contribution in [0.4, 0.5) is 4.39 Å². The minimum absolute atomic E-state index is 0. The largest absolute Gasteiger partial charge is 0.387 e. The van der Waals surface area contributed by atoms with E-state index in [1.165, 1.54) is 24.3 Å². The lowest BCUT2D eigenvalue weighted by Crippen LogP contribution is -2.40. The number of aryl methyl sites for hydroxylation is 1. The summed E-state index contributed by atoms with van der Waals surface area (Å²) in [5.41, 5.74) is 1.50. The van der Waals surface area contributed by atoms with E-state index in [0.29, 0.717) is 12.1 Å². The van der Waals surface area contributed by atoms with Gasteiger partial charge in [0.15, 0.2) is 0 Å². The summed E-state index contributed by atoms with van der Waals surface area (Å²) < 4.78 is 41.0. The number of hydrogen-bond donors (Lipinski definition) is 3. The van der Waals surface area contributed by atoms with Crippen LogP contribution in [0.5, 0.6) is 0 Å². The molecule has 0 bridgehead atoms. The number of nitrogens with one attached hydrogen (secondary N) is 2. The Bertz CT molecular complexity index is 1090. The average molecular weight is 454 g/mol. The van der Waals surface area contributed by atoms with E-state index in [1.807, 2.05) is 6.92 Å². The van der Waals surface area contributed by atoms with Gasteiger partial charge in [0.05, 0.1) is 11.0 Å². The van der Waals surface area contributed by atoms with Crippen molar-refractivity contribution in [2.75, 3.05) is 13.1 Å². The van der Waals surface area contributed by atoms with Gasteiger partial charge in [0.2, 0.25) is 10.0 Å². The third-order valence-corrected chi connectivity index (χ3v) is 6.23. The van der Waals surface area contributed by atoms with Crippen molar-refractivity contribution in [2.45, 2.75) is 30.9 Å². The molecule has 2 aromatic carbocycles. The van der Waals surface area contributed by atoms with Gasteiger partial charge in [-0.3, -0.25) is 4.98 Å². The lowest BCUT2D eigenvalue weighted by Gasteiger charge is -2.17. The van der Waals surface area contributed by atoms with E-state index in [9.17, 15) is 17.9 Å². The number of pyridine rings is 1. The average Bonchev–Trinajstić information content (AvgIpc) is 2.68. The van der Waals surface area contributed by atoms with Crippen molar-refractivity contribution in [1.82, 2.24) is 15.0 Å². The Morgan fingerprint density at radius 1 is 1.10 bits per heavy atom. The molecule has 2 atom stereocenters. The predicted octanol–water partition coefficient (Wildman–Crippen LogP) is 3.09. The molecule has 0 spiro atoms. The van der Waals surface area contributed by atoms with Gasteiger partial charge >= 0.3 is 0 Å². The highest BCUT2D eigenvalue weighted by Gasteiger charge is 2.18. The van der Waals surface area contributed by atoms with Crippen molar-refractivity contribution in [3.8, 4) is 0 Å². The van der Waals surface area contributed by atoms with Gasteiger partial charge in [0.25, 0.3) is 0 Å². The molecule has 0 fully saturated rings. The van der Waals surface area contributed by atoms with E-state index in [2.05, 4.69) is 15.0 Å². The van der Waals surface area contributed by atoms with E-state index < -0.39 is 22.2 Å². The zero-order chi connectivity index (χ0) is 21.0. The van der Waals surface area contributed by atoms with Crippen molar-refractivity contribution in [3.05, 3.63) is 71.8 Å². The van der Waals surface area contributed by atoms with E-state index in [-0.39, 0.29) is 29.7 Å². The molecule has 6 nitrogen and oxygen atoms in total. The predicted molar refractivity (Wildman–Crippen MR) is 118 cm³/mol. The molecular weight excluding hydrogens is 429 g/mol. The zero-order valence-electron chi connectivity index (χ0n) is 16.7. The SMILES string of the molecule is Cc1cncc2ccc(S(=O)(=O)N[C@H](C)CNCC(O)c3ccc(F)cc3)cc12.Cl. The first-order valence-electron chi connectivity index (χ1n) is 9.27. The molecule has 1 aromatic heterocycles. The highest BCUT2D eigenvalue weighted by Crippen LogP contribution is 2.21. The molecule has 1 heterocycles. The van der Waals surface area contributed by atoms with Gasteiger partial charge in [-0.1, -0.05) is 18.2 Å². The van der Waals surface area contributed by atoms with Crippen LogP contribution in [0.3, 0.4) is 0 Å². The summed E-state index contributed by atoms with van der Waals surface area (Å²) in [7, 11) is -3.69. The van der Waals surface area contributed by atoms with Crippen LogP contribution in [-0.2, 0) is 10.0 Å². The Balaban J connectivity index is 0.00000320. The minimum Gasteiger partial charge on any atom is -0.387 e. The normalized spacial score (nSPS) is 13.6. The maximum Gasteiger partial charge on any atom is 0.240 e. The second-order valence-electron chi connectivity index (χ2n) is 7.09. The molecule has 9 heteroatoms. The molecule has 0 radical (unpaired) electrons. The highest BCUT2D eigenvalue weighted by molar-refractivity contribution is 7.89. The van der Waals surface area contributed by atoms with Crippen LogP contribution in [0, 0.1) is 12.7 Å². The monoisotopic (exact) mass is 453 g/mol. The van der Waals surface area contributed by atoms with E-state index >= 15 is 0 Å². The smallest absolute Gasteiger partial charge is 0.240 e. The van der Waals surface area contributed by atoms with E-state index in [1.54, 1.807) is 37.5 Å². The fourth-order valence-electron chi connectivity index (χ4n) is 3.07. The number of halogens is 2. The van der Waals surface area contributed by atoms with Crippen LogP contribution in [0.15, 0.2) is 59.8 Å². The third-order valence-electron chi connectivity index (χ3n) is 4.64. The first-order valence-corrected chi connectivity index (χ1v) is 10.8. The molecule has 0 saturated carbocycles. The first-order chi connectivity index (χ1) is 13.8. The molecule has 0 amide bonds. The third kappa shape index (κ3) is 5.96. The van der Waals surface area contributed by atoms with Gasteiger partial charge in [0.1, 0.15) is 5.82 Å². The van der Waals surface area contributed by atoms with Crippen LogP contribution in [0.1, 0.15) is 24.2 Å². The maximum absolute atomic E-state index is 12.9. The van der Waals surface area contributed by atoms with Crippen LogP contribution in [0.25, 0.3) is 10.8 Å². The second kappa shape index (κ2) is 10.3. The molecule has 0 aliphatic rings. The zero-order valence-corrected chi connectivity index (χ0v) is 18.3. The van der Waals surface area contributed by atoms with Crippen molar-refractivity contribution in [1.29, 1.82) is 0 Å². The van der Waals surface area contributed by atoms with E-state index in [4.69, 9.17) is 0 Å². The molecule has 3 rings (SSSR count). The fourth-order valence-corrected chi connectivity index (χ4v) is 4.34. The van der Waals surface area contributed by atoms with Gasteiger partial charge in [-0.2, -0.15) is 0 Å². The van der Waals surface area contributed by atoms with Crippen molar-refractivity contribution >= 4 is 33.2 Å². The lowest BCUT2D eigenvalue weighted by molar-refractivity contribution is 0.174. The van der Waals surface area contributed by atoms with Gasteiger partial charge < -0.3 is 10.4 Å². The summed E-state index contributed by atoms with van der Waals surface area (Å²) in [6.07, 6.45) is 2.59. The fraction of sp³-hybridized carbons (Fsp3) is 0.286. The van der Waals surface area contributed by atoms with Crippen LogP contribution in [-0.4, -0.2) is 37.6 Å². The molecule has 1 unspecified atom stereocenters. The maximum atomic E-state index is 12.9. The summed E-state index contributed by atoms with van der Waals surface area (Å²) in [4.78, 5) is 4.31. The Kier molecular flexibility index (Phi) is 8.28. The molecule has 30 heavy (non-hydrogen) atoms. The van der Waals surface area contributed by atoms with Gasteiger partial charge in [0, 0.05) is 36.9 Å². The molecule has 3 N–H and O–H groups in total. The number of fused-ring (bicyclic) bond motifs is 1. The van der Waals surface area contributed by atoms with Crippen molar-refractivity contribution in [3.63, 3.8) is 0 Å². The number of rotatable bonds is 8. The van der Waals surface area contributed by atoms with Gasteiger partial charge in [-0.05, 0) is 54.6 Å². The lowest BCUT2D eigenvalue weighted by atomic mass is 10.1. The Morgan fingerprint density at radius 2 is 1.80 bits per heavy atom. The van der Waals surface area contributed by atoms with Gasteiger partial charge in [-0.15, -0.1) is 12.4 Å². The molecule has 162 valence electrons. The summed E-state index contributed by atoms with van der Waals surface area (Å²) in [6.45, 7) is 4.18. The van der Waals surface area contributed by atoms with Crippen molar-refractivity contribution in [2.24, 2.45) is 0 Å². The number of hydrogen-bond acceptors (Lipinski definition) is 5. The van der Waals surface area contributed by atoms with Crippen LogP contribution >= 0.6 is 12.4 Å². The molecule has 0 aliphatic heterocycles. The van der Waals surface area contributed by atoms with Gasteiger partial charge in [-0.25, -0.2) is 17.5 Å². The topological polar surface area (TPSA) is 91.3 Å². The van der Waals surface area contributed by atoms with Crippen LogP contribution < -0.4 is 10.0 Å². The summed E-state index contributed by atoms with van der Waals surface area (Å²) in [5.74, 6) is -0.364. The van der Waals surface area contributed by atoms with Crippen molar-refractivity contribution < 1.29 is 17.9 Å².